The quantitative estimate of drug-likeness (QED) is 0.796. The zero-order valence-corrected chi connectivity index (χ0v) is 8.49. The Kier molecular flexibility index (Phi) is 3.30. The molecule has 0 unspecified atom stereocenters. The molecule has 0 saturated carbocycles. The van der Waals surface area contributed by atoms with Crippen molar-refractivity contribution in [1.29, 1.82) is 0 Å². The van der Waals surface area contributed by atoms with Crippen molar-refractivity contribution in [1.82, 2.24) is 0 Å². The van der Waals surface area contributed by atoms with Crippen LogP contribution in [-0.2, 0) is 0 Å². The Morgan fingerprint density at radius 1 is 1.82 bits per heavy atom. The predicted molar refractivity (Wildman–Crippen MR) is 53.8 cm³/mol. The number of rotatable bonds is 3. The van der Waals surface area contributed by atoms with E-state index in [-0.39, 0.29) is 6.04 Å². The highest BCUT2D eigenvalue weighted by atomic mass is 79.9. The molecule has 0 spiro atoms. The second-order valence-corrected chi connectivity index (χ2v) is 4.07. The van der Waals surface area contributed by atoms with Gasteiger partial charge in [0.05, 0.1) is 0 Å². The van der Waals surface area contributed by atoms with E-state index in [0.29, 0.717) is 0 Å². The van der Waals surface area contributed by atoms with Crippen molar-refractivity contribution in [2.24, 2.45) is 5.73 Å². The molecular weight excluding hydrogens is 222 g/mol. The molecule has 0 aliphatic carbocycles. The van der Waals surface area contributed by atoms with Crippen LogP contribution in [0.25, 0.3) is 0 Å². The summed E-state index contributed by atoms with van der Waals surface area (Å²) in [5.41, 5.74) is 5.86. The van der Waals surface area contributed by atoms with E-state index in [1.54, 1.807) is 11.3 Å². The molecule has 0 amide bonds. The summed E-state index contributed by atoms with van der Waals surface area (Å²) in [6.45, 7) is 3.65. The van der Waals surface area contributed by atoms with Crippen LogP contribution in [0.3, 0.4) is 0 Å². The molecule has 1 nitrogen and oxygen atoms in total. The van der Waals surface area contributed by atoms with E-state index in [1.165, 1.54) is 4.88 Å². The Hall–Kier alpha value is -0.120. The fourth-order valence-corrected chi connectivity index (χ4v) is 2.54. The topological polar surface area (TPSA) is 26.0 Å². The normalized spacial score (nSPS) is 12.9. The monoisotopic (exact) mass is 231 g/mol. The molecule has 0 aliphatic rings. The van der Waals surface area contributed by atoms with Crippen LogP contribution in [0.5, 0.6) is 0 Å². The molecule has 2 N–H and O–H groups in total. The van der Waals surface area contributed by atoms with Gasteiger partial charge in [-0.2, -0.15) is 0 Å². The third kappa shape index (κ3) is 2.15. The Balaban J connectivity index is 2.74. The molecule has 11 heavy (non-hydrogen) atoms. The predicted octanol–water partition coefficient (Wildman–Crippen LogP) is 3.09. The first-order valence-corrected chi connectivity index (χ1v) is 5.02. The number of hydrogen-bond donors (Lipinski definition) is 1. The molecule has 0 aliphatic heterocycles. The summed E-state index contributed by atoms with van der Waals surface area (Å²) in [4.78, 5) is 1.20. The van der Waals surface area contributed by atoms with E-state index in [4.69, 9.17) is 5.73 Å². The van der Waals surface area contributed by atoms with Gasteiger partial charge in [0.2, 0.25) is 0 Å². The SMILES string of the molecule is C=CC[C@@H](N)c1sccc1Br. The smallest absolute Gasteiger partial charge is 0.0436 e. The molecular formula is C8H10BrNS. The lowest BCUT2D eigenvalue weighted by Gasteiger charge is -2.05. The highest BCUT2D eigenvalue weighted by Gasteiger charge is 2.08. The summed E-state index contributed by atoms with van der Waals surface area (Å²) in [5.74, 6) is 0. The number of nitrogens with two attached hydrogens (primary N) is 1. The first-order chi connectivity index (χ1) is 5.25. The Morgan fingerprint density at radius 2 is 2.55 bits per heavy atom. The summed E-state index contributed by atoms with van der Waals surface area (Å²) >= 11 is 5.11. The van der Waals surface area contributed by atoms with Crippen molar-refractivity contribution in [2.45, 2.75) is 12.5 Å². The molecule has 60 valence electrons. The van der Waals surface area contributed by atoms with Gasteiger partial charge in [0, 0.05) is 15.4 Å². The molecule has 1 aromatic rings. The van der Waals surface area contributed by atoms with E-state index in [1.807, 2.05) is 17.5 Å². The summed E-state index contributed by atoms with van der Waals surface area (Å²) in [6.07, 6.45) is 2.68. The lowest BCUT2D eigenvalue weighted by Crippen LogP contribution is -2.07. The molecule has 0 saturated heterocycles. The van der Waals surface area contributed by atoms with Gasteiger partial charge < -0.3 is 5.73 Å². The van der Waals surface area contributed by atoms with Crippen molar-refractivity contribution in [3.63, 3.8) is 0 Å². The van der Waals surface area contributed by atoms with Crippen molar-refractivity contribution in [2.75, 3.05) is 0 Å². The summed E-state index contributed by atoms with van der Waals surface area (Å²) in [5, 5.41) is 2.03. The summed E-state index contributed by atoms with van der Waals surface area (Å²) in [7, 11) is 0. The zero-order chi connectivity index (χ0) is 8.27. The van der Waals surface area contributed by atoms with Crippen LogP contribution >= 0.6 is 27.3 Å². The van der Waals surface area contributed by atoms with E-state index in [9.17, 15) is 0 Å². The molecule has 1 aromatic heterocycles. The van der Waals surface area contributed by atoms with Gasteiger partial charge in [0.25, 0.3) is 0 Å². The highest BCUT2D eigenvalue weighted by molar-refractivity contribution is 9.10. The lowest BCUT2D eigenvalue weighted by molar-refractivity contribution is 0.754. The van der Waals surface area contributed by atoms with Crippen LogP contribution < -0.4 is 5.73 Å². The fraction of sp³-hybridized carbons (Fsp3) is 0.250. The average Bonchev–Trinajstić information content (AvgIpc) is 2.36. The summed E-state index contributed by atoms with van der Waals surface area (Å²) < 4.78 is 1.11. The van der Waals surface area contributed by atoms with Crippen LogP contribution in [0.1, 0.15) is 17.3 Å². The lowest BCUT2D eigenvalue weighted by atomic mass is 10.2. The maximum Gasteiger partial charge on any atom is 0.0436 e. The van der Waals surface area contributed by atoms with E-state index in [0.717, 1.165) is 10.9 Å². The van der Waals surface area contributed by atoms with Crippen molar-refractivity contribution < 1.29 is 0 Å². The van der Waals surface area contributed by atoms with E-state index in [2.05, 4.69) is 22.5 Å². The molecule has 1 rings (SSSR count). The minimum absolute atomic E-state index is 0.0990. The third-order valence-electron chi connectivity index (χ3n) is 1.40. The average molecular weight is 232 g/mol. The first-order valence-electron chi connectivity index (χ1n) is 3.35. The second kappa shape index (κ2) is 4.04. The second-order valence-electron chi connectivity index (χ2n) is 2.26. The van der Waals surface area contributed by atoms with Crippen LogP contribution in [0.4, 0.5) is 0 Å². The number of hydrogen-bond acceptors (Lipinski definition) is 2. The van der Waals surface area contributed by atoms with Crippen LogP contribution in [0.15, 0.2) is 28.6 Å². The van der Waals surface area contributed by atoms with Crippen molar-refractivity contribution in [3.8, 4) is 0 Å². The standard InChI is InChI=1S/C8H10BrNS/c1-2-3-7(10)8-6(9)4-5-11-8/h2,4-5,7H,1,3,10H2/t7-/m1/s1. The highest BCUT2D eigenvalue weighted by Crippen LogP contribution is 2.29. The van der Waals surface area contributed by atoms with Crippen LogP contribution in [0.2, 0.25) is 0 Å². The maximum atomic E-state index is 5.86. The van der Waals surface area contributed by atoms with Crippen molar-refractivity contribution in [3.05, 3.63) is 33.5 Å². The Bertz CT molecular complexity index is 244. The minimum atomic E-state index is 0.0990. The van der Waals surface area contributed by atoms with Gasteiger partial charge in [0.1, 0.15) is 0 Å². The molecule has 0 fully saturated rings. The van der Waals surface area contributed by atoms with Gasteiger partial charge in [-0.3, -0.25) is 0 Å². The fourth-order valence-electron chi connectivity index (χ4n) is 0.857. The Morgan fingerprint density at radius 3 is 3.00 bits per heavy atom. The third-order valence-corrected chi connectivity index (χ3v) is 3.40. The first kappa shape index (κ1) is 8.97. The van der Waals surface area contributed by atoms with Crippen molar-refractivity contribution >= 4 is 27.3 Å². The van der Waals surface area contributed by atoms with Gasteiger partial charge in [-0.25, -0.2) is 0 Å². The van der Waals surface area contributed by atoms with Gasteiger partial charge >= 0.3 is 0 Å². The minimum Gasteiger partial charge on any atom is -0.323 e. The molecule has 1 heterocycles. The van der Waals surface area contributed by atoms with E-state index >= 15 is 0 Å². The zero-order valence-electron chi connectivity index (χ0n) is 6.09. The Labute approximate surface area is 79.0 Å². The van der Waals surface area contributed by atoms with Crippen LogP contribution in [0, 0.1) is 0 Å². The van der Waals surface area contributed by atoms with Crippen LogP contribution in [-0.4, -0.2) is 0 Å². The molecule has 0 radical (unpaired) electrons. The van der Waals surface area contributed by atoms with Gasteiger partial charge in [0.15, 0.2) is 0 Å². The largest absolute Gasteiger partial charge is 0.323 e. The number of halogens is 1. The van der Waals surface area contributed by atoms with Gasteiger partial charge in [-0.05, 0) is 33.8 Å². The number of thiophene rings is 1. The molecule has 3 heteroatoms. The molecule has 1 atom stereocenters. The van der Waals surface area contributed by atoms with E-state index < -0.39 is 0 Å². The maximum absolute atomic E-state index is 5.86. The molecule has 0 aromatic carbocycles. The molecule has 0 bridgehead atoms. The van der Waals surface area contributed by atoms with Gasteiger partial charge in [-0.15, -0.1) is 17.9 Å². The summed E-state index contributed by atoms with van der Waals surface area (Å²) in [6, 6.07) is 2.12. The van der Waals surface area contributed by atoms with Gasteiger partial charge in [-0.1, -0.05) is 6.08 Å².